The molecule has 0 aliphatic heterocycles. The van der Waals surface area contributed by atoms with Gasteiger partial charge in [0.25, 0.3) is 0 Å². The smallest absolute Gasteiger partial charge is 0.0314 e. The number of rotatable bonds is 3. The summed E-state index contributed by atoms with van der Waals surface area (Å²) in [6.07, 6.45) is 0. The number of benzene rings is 2. The van der Waals surface area contributed by atoms with Gasteiger partial charge in [0.15, 0.2) is 0 Å². The van der Waals surface area contributed by atoms with E-state index in [1.807, 2.05) is 6.07 Å². The van der Waals surface area contributed by atoms with E-state index < -0.39 is 0 Å². The Hall–Kier alpha value is -0.990. The molecule has 0 radical (unpaired) electrons. The molecule has 0 aromatic heterocycles. The molecule has 0 atom stereocenters. The van der Waals surface area contributed by atoms with Gasteiger partial charge in [-0.05, 0) is 46.0 Å². The summed E-state index contributed by atoms with van der Waals surface area (Å²) in [5, 5.41) is 2.12. The molecule has 2 aromatic rings. The molecule has 17 heavy (non-hydrogen) atoms. The lowest BCUT2D eigenvalue weighted by atomic mass is 10.1. The molecule has 2 heteroatoms. The molecule has 0 amide bonds. The number of hydrogen-bond acceptors (Lipinski definition) is 1. The molecule has 0 spiro atoms. The molecule has 0 heterocycles. The van der Waals surface area contributed by atoms with Crippen molar-refractivity contribution in [3.63, 3.8) is 0 Å². The molecule has 0 aliphatic rings. The Kier molecular flexibility index (Phi) is 4.46. The van der Waals surface area contributed by atoms with E-state index in [0.717, 1.165) is 4.48 Å². The fraction of sp³-hybridized carbons (Fsp3) is 0.0667. The number of thioether (sulfide) groups is 1. The highest BCUT2D eigenvalue weighted by Crippen LogP contribution is 2.28. The van der Waals surface area contributed by atoms with E-state index in [-0.39, 0.29) is 0 Å². The van der Waals surface area contributed by atoms with Crippen LogP contribution in [0.2, 0.25) is 0 Å². The lowest BCUT2D eigenvalue weighted by molar-refractivity contribution is 1.46. The van der Waals surface area contributed by atoms with Crippen molar-refractivity contribution in [1.82, 2.24) is 0 Å². The van der Waals surface area contributed by atoms with E-state index >= 15 is 0 Å². The lowest BCUT2D eigenvalue weighted by Crippen LogP contribution is -1.77. The second-order valence-electron chi connectivity index (χ2n) is 3.76. The van der Waals surface area contributed by atoms with Crippen molar-refractivity contribution in [3.05, 3.63) is 71.1 Å². The molecule has 0 aliphatic carbocycles. The third-order valence-electron chi connectivity index (χ3n) is 2.37. The highest BCUT2D eigenvalue weighted by molar-refractivity contribution is 9.15. The van der Waals surface area contributed by atoms with Crippen LogP contribution < -0.4 is 0 Å². The first-order valence-corrected chi connectivity index (χ1v) is 7.07. The molecule has 0 fully saturated rings. The highest BCUT2D eigenvalue weighted by Gasteiger charge is 1.97. The topological polar surface area (TPSA) is 0 Å². The van der Waals surface area contributed by atoms with Crippen molar-refractivity contribution < 1.29 is 0 Å². The number of halogens is 1. The molecule has 0 unspecified atom stereocenters. The Labute approximate surface area is 115 Å². The van der Waals surface area contributed by atoms with E-state index in [0.29, 0.717) is 0 Å². The fourth-order valence-electron chi connectivity index (χ4n) is 1.40. The maximum Gasteiger partial charge on any atom is 0.0314 e. The van der Waals surface area contributed by atoms with Crippen LogP contribution in [0.25, 0.3) is 4.48 Å². The zero-order chi connectivity index (χ0) is 12.1. The standard InChI is InChI=1S/C15H13BrS/c1-12-7-9-13(10-8-12)15(16)11-17-14-5-3-2-4-6-14/h2-11H,1H3/b15-11+. The van der Waals surface area contributed by atoms with Crippen LogP contribution in [-0.2, 0) is 0 Å². The van der Waals surface area contributed by atoms with Gasteiger partial charge in [-0.2, -0.15) is 0 Å². The van der Waals surface area contributed by atoms with Gasteiger partial charge in [-0.25, -0.2) is 0 Å². The molecule has 0 saturated heterocycles. The van der Waals surface area contributed by atoms with Gasteiger partial charge < -0.3 is 0 Å². The second kappa shape index (κ2) is 6.08. The van der Waals surface area contributed by atoms with Gasteiger partial charge in [0.2, 0.25) is 0 Å². The summed E-state index contributed by atoms with van der Waals surface area (Å²) in [6.45, 7) is 2.10. The van der Waals surface area contributed by atoms with Crippen molar-refractivity contribution in [2.45, 2.75) is 11.8 Å². The average Bonchev–Trinajstić information content (AvgIpc) is 2.38. The van der Waals surface area contributed by atoms with Crippen LogP contribution in [0.3, 0.4) is 0 Å². The summed E-state index contributed by atoms with van der Waals surface area (Å²) in [6, 6.07) is 18.8. The van der Waals surface area contributed by atoms with Gasteiger partial charge in [0, 0.05) is 9.38 Å². The average molecular weight is 305 g/mol. The number of aryl methyl sites for hydroxylation is 1. The summed E-state index contributed by atoms with van der Waals surface area (Å²) in [5.74, 6) is 0. The van der Waals surface area contributed by atoms with Gasteiger partial charge >= 0.3 is 0 Å². The van der Waals surface area contributed by atoms with Crippen LogP contribution in [-0.4, -0.2) is 0 Å². The monoisotopic (exact) mass is 304 g/mol. The van der Waals surface area contributed by atoms with Gasteiger partial charge in [-0.1, -0.05) is 59.8 Å². The summed E-state index contributed by atoms with van der Waals surface area (Å²) < 4.78 is 1.12. The molecular formula is C15H13BrS. The molecule has 0 nitrogen and oxygen atoms in total. The maximum atomic E-state index is 3.61. The van der Waals surface area contributed by atoms with Gasteiger partial charge in [0.1, 0.15) is 0 Å². The Morgan fingerprint density at radius 3 is 2.29 bits per heavy atom. The third-order valence-corrected chi connectivity index (χ3v) is 4.26. The van der Waals surface area contributed by atoms with Crippen molar-refractivity contribution in [2.24, 2.45) is 0 Å². The largest absolute Gasteiger partial charge is 0.0969 e. The Bertz CT molecular complexity index is 500. The second-order valence-corrected chi connectivity index (χ2v) is 5.56. The molecule has 86 valence electrons. The predicted octanol–water partition coefficient (Wildman–Crippen LogP) is 5.48. The van der Waals surface area contributed by atoms with Crippen molar-refractivity contribution in [2.75, 3.05) is 0 Å². The molecule has 2 rings (SSSR count). The molecular weight excluding hydrogens is 292 g/mol. The first-order chi connectivity index (χ1) is 8.25. The van der Waals surface area contributed by atoms with Crippen LogP contribution in [0.4, 0.5) is 0 Å². The predicted molar refractivity (Wildman–Crippen MR) is 80.4 cm³/mol. The summed E-state index contributed by atoms with van der Waals surface area (Å²) in [5.41, 5.74) is 2.49. The van der Waals surface area contributed by atoms with E-state index in [4.69, 9.17) is 0 Å². The third kappa shape index (κ3) is 3.76. The zero-order valence-electron chi connectivity index (χ0n) is 9.56. The lowest BCUT2D eigenvalue weighted by Gasteiger charge is -2.01. The Morgan fingerprint density at radius 2 is 1.65 bits per heavy atom. The maximum absolute atomic E-state index is 3.61. The summed E-state index contributed by atoms with van der Waals surface area (Å²) in [4.78, 5) is 1.25. The molecule has 0 saturated carbocycles. The van der Waals surface area contributed by atoms with Gasteiger partial charge in [-0.3, -0.25) is 0 Å². The van der Waals surface area contributed by atoms with Crippen LogP contribution in [0.15, 0.2) is 64.9 Å². The first kappa shape index (κ1) is 12.5. The van der Waals surface area contributed by atoms with E-state index in [1.165, 1.54) is 16.0 Å². The first-order valence-electron chi connectivity index (χ1n) is 5.40. The van der Waals surface area contributed by atoms with Gasteiger partial charge in [0.05, 0.1) is 0 Å². The Balaban J connectivity index is 2.10. The van der Waals surface area contributed by atoms with Gasteiger partial charge in [-0.15, -0.1) is 0 Å². The van der Waals surface area contributed by atoms with E-state index in [2.05, 4.69) is 76.8 Å². The van der Waals surface area contributed by atoms with Crippen molar-refractivity contribution in [1.29, 1.82) is 0 Å². The highest BCUT2D eigenvalue weighted by atomic mass is 79.9. The quantitative estimate of drug-likeness (QED) is 0.677. The summed E-state index contributed by atoms with van der Waals surface area (Å²) >= 11 is 5.33. The minimum atomic E-state index is 1.12. The zero-order valence-corrected chi connectivity index (χ0v) is 12.0. The van der Waals surface area contributed by atoms with Crippen molar-refractivity contribution in [3.8, 4) is 0 Å². The summed E-state index contributed by atoms with van der Waals surface area (Å²) in [7, 11) is 0. The van der Waals surface area contributed by atoms with Crippen molar-refractivity contribution >= 4 is 32.2 Å². The molecule has 0 bridgehead atoms. The molecule has 0 N–H and O–H groups in total. The molecule has 2 aromatic carbocycles. The Morgan fingerprint density at radius 1 is 1.00 bits per heavy atom. The van der Waals surface area contributed by atoms with Crippen LogP contribution >= 0.6 is 27.7 Å². The number of hydrogen-bond donors (Lipinski definition) is 0. The van der Waals surface area contributed by atoms with E-state index in [1.54, 1.807) is 11.8 Å². The fourth-order valence-corrected chi connectivity index (χ4v) is 2.63. The minimum absolute atomic E-state index is 1.12. The van der Waals surface area contributed by atoms with Crippen LogP contribution in [0.1, 0.15) is 11.1 Å². The SMILES string of the molecule is Cc1ccc(/C(Br)=C\Sc2ccccc2)cc1. The normalized spacial score (nSPS) is 11.5. The van der Waals surface area contributed by atoms with Crippen LogP contribution in [0, 0.1) is 6.92 Å². The minimum Gasteiger partial charge on any atom is -0.0969 e. The van der Waals surface area contributed by atoms with E-state index in [9.17, 15) is 0 Å². The van der Waals surface area contributed by atoms with Crippen LogP contribution in [0.5, 0.6) is 0 Å².